The standard InChI is InChI=1S/C11H21N3/c1-8-7-9(13-14(8)6)10(12-5)11(2,3)4/h7,10,12H,1-6H3. The highest BCUT2D eigenvalue weighted by molar-refractivity contribution is 5.14. The number of nitrogens with zero attached hydrogens (tertiary/aromatic N) is 2. The molecule has 1 N–H and O–H groups in total. The van der Waals surface area contributed by atoms with E-state index in [9.17, 15) is 0 Å². The topological polar surface area (TPSA) is 29.9 Å². The fourth-order valence-electron chi connectivity index (χ4n) is 1.75. The Kier molecular flexibility index (Phi) is 3.00. The van der Waals surface area contributed by atoms with Gasteiger partial charge in [-0.2, -0.15) is 5.10 Å². The van der Waals surface area contributed by atoms with E-state index in [4.69, 9.17) is 0 Å². The van der Waals surface area contributed by atoms with Gasteiger partial charge in [0.05, 0.1) is 11.7 Å². The Morgan fingerprint density at radius 3 is 2.29 bits per heavy atom. The number of aryl methyl sites for hydroxylation is 2. The average molecular weight is 195 g/mol. The van der Waals surface area contributed by atoms with Crippen molar-refractivity contribution in [1.82, 2.24) is 15.1 Å². The van der Waals surface area contributed by atoms with Crippen molar-refractivity contribution in [3.05, 3.63) is 17.5 Å². The summed E-state index contributed by atoms with van der Waals surface area (Å²) in [5.74, 6) is 0. The van der Waals surface area contributed by atoms with Crippen molar-refractivity contribution in [2.75, 3.05) is 7.05 Å². The third kappa shape index (κ3) is 2.15. The van der Waals surface area contributed by atoms with Crippen LogP contribution in [0, 0.1) is 12.3 Å². The molecule has 0 fully saturated rings. The maximum Gasteiger partial charge on any atom is 0.0801 e. The minimum atomic E-state index is 0.190. The van der Waals surface area contributed by atoms with Gasteiger partial charge in [-0.25, -0.2) is 0 Å². The van der Waals surface area contributed by atoms with E-state index in [1.54, 1.807) is 0 Å². The van der Waals surface area contributed by atoms with Crippen LogP contribution in [0.1, 0.15) is 38.2 Å². The molecule has 1 heterocycles. The lowest BCUT2D eigenvalue weighted by Crippen LogP contribution is -2.30. The molecule has 14 heavy (non-hydrogen) atoms. The van der Waals surface area contributed by atoms with Gasteiger partial charge in [-0.3, -0.25) is 4.68 Å². The Morgan fingerprint density at radius 2 is 2.00 bits per heavy atom. The lowest BCUT2D eigenvalue weighted by Gasteiger charge is -2.28. The van der Waals surface area contributed by atoms with Crippen LogP contribution in [0.3, 0.4) is 0 Å². The van der Waals surface area contributed by atoms with E-state index >= 15 is 0 Å². The summed E-state index contributed by atoms with van der Waals surface area (Å²) in [7, 11) is 3.97. The lowest BCUT2D eigenvalue weighted by atomic mass is 9.85. The van der Waals surface area contributed by atoms with Crippen LogP contribution >= 0.6 is 0 Å². The normalized spacial score (nSPS) is 14.4. The summed E-state index contributed by atoms with van der Waals surface area (Å²) in [6.45, 7) is 8.74. The van der Waals surface area contributed by atoms with Gasteiger partial charge in [0.2, 0.25) is 0 Å². The fraction of sp³-hybridized carbons (Fsp3) is 0.727. The Hall–Kier alpha value is -0.830. The highest BCUT2D eigenvalue weighted by atomic mass is 15.3. The van der Waals surface area contributed by atoms with Crippen molar-refractivity contribution in [3.8, 4) is 0 Å². The first-order chi connectivity index (χ1) is 6.36. The summed E-state index contributed by atoms with van der Waals surface area (Å²) < 4.78 is 1.92. The highest BCUT2D eigenvalue weighted by Crippen LogP contribution is 2.31. The molecule has 0 aromatic carbocycles. The van der Waals surface area contributed by atoms with Crippen molar-refractivity contribution in [3.63, 3.8) is 0 Å². The molecule has 1 aromatic heterocycles. The maximum atomic E-state index is 4.50. The van der Waals surface area contributed by atoms with Crippen molar-refractivity contribution in [1.29, 1.82) is 0 Å². The van der Waals surface area contributed by atoms with E-state index in [1.165, 1.54) is 5.69 Å². The molecule has 3 heteroatoms. The largest absolute Gasteiger partial charge is 0.311 e. The quantitative estimate of drug-likeness (QED) is 0.782. The third-order valence-electron chi connectivity index (χ3n) is 2.58. The zero-order valence-electron chi connectivity index (χ0n) is 10.0. The van der Waals surface area contributed by atoms with E-state index in [2.05, 4.69) is 44.2 Å². The Balaban J connectivity index is 3.01. The first-order valence-electron chi connectivity index (χ1n) is 5.04. The van der Waals surface area contributed by atoms with Crippen LogP contribution in [-0.4, -0.2) is 16.8 Å². The molecule has 1 unspecified atom stereocenters. The van der Waals surface area contributed by atoms with E-state index in [0.717, 1.165) is 5.69 Å². The first-order valence-corrected chi connectivity index (χ1v) is 5.04. The number of rotatable bonds is 2. The fourth-order valence-corrected chi connectivity index (χ4v) is 1.75. The second-order valence-electron chi connectivity index (χ2n) is 4.92. The highest BCUT2D eigenvalue weighted by Gasteiger charge is 2.26. The molecule has 0 spiro atoms. The first kappa shape index (κ1) is 11.2. The monoisotopic (exact) mass is 195 g/mol. The van der Waals surface area contributed by atoms with E-state index < -0.39 is 0 Å². The second kappa shape index (κ2) is 3.73. The predicted octanol–water partition coefficient (Wildman–Crippen LogP) is 2.04. The summed E-state index contributed by atoms with van der Waals surface area (Å²) in [6.07, 6.45) is 0. The van der Waals surface area contributed by atoms with Crippen LogP contribution < -0.4 is 5.32 Å². The van der Waals surface area contributed by atoms with Gasteiger partial charge in [0.25, 0.3) is 0 Å². The summed E-state index contributed by atoms with van der Waals surface area (Å²) in [5.41, 5.74) is 2.51. The van der Waals surface area contributed by atoms with E-state index in [0.29, 0.717) is 6.04 Å². The molecule has 3 nitrogen and oxygen atoms in total. The molecule has 1 atom stereocenters. The molecular weight excluding hydrogens is 174 g/mol. The van der Waals surface area contributed by atoms with Gasteiger partial charge < -0.3 is 5.32 Å². The Bertz CT molecular complexity index is 287. The van der Waals surface area contributed by atoms with Gasteiger partial charge in [-0.1, -0.05) is 20.8 Å². The van der Waals surface area contributed by atoms with Crippen LogP contribution in [0.5, 0.6) is 0 Å². The van der Waals surface area contributed by atoms with Gasteiger partial charge in [0.15, 0.2) is 0 Å². The molecule has 0 radical (unpaired) electrons. The molecule has 0 aliphatic rings. The smallest absolute Gasteiger partial charge is 0.0801 e. The minimum absolute atomic E-state index is 0.190. The molecule has 80 valence electrons. The average Bonchev–Trinajstić information content (AvgIpc) is 2.30. The van der Waals surface area contributed by atoms with Gasteiger partial charge in [0.1, 0.15) is 0 Å². The lowest BCUT2D eigenvalue weighted by molar-refractivity contribution is 0.280. The van der Waals surface area contributed by atoms with Gasteiger partial charge in [0, 0.05) is 12.7 Å². The van der Waals surface area contributed by atoms with Crippen molar-refractivity contribution in [2.45, 2.75) is 33.7 Å². The van der Waals surface area contributed by atoms with E-state index in [-0.39, 0.29) is 5.41 Å². The third-order valence-corrected chi connectivity index (χ3v) is 2.58. The molecule has 0 aliphatic heterocycles. The van der Waals surface area contributed by atoms with Crippen molar-refractivity contribution in [2.24, 2.45) is 12.5 Å². The molecule has 0 aliphatic carbocycles. The molecule has 0 saturated heterocycles. The van der Waals surface area contributed by atoms with Gasteiger partial charge in [-0.05, 0) is 25.5 Å². The summed E-state index contributed by atoms with van der Waals surface area (Å²) in [5, 5.41) is 7.83. The minimum Gasteiger partial charge on any atom is -0.311 e. The molecule has 1 aromatic rings. The summed E-state index contributed by atoms with van der Waals surface area (Å²) >= 11 is 0. The zero-order chi connectivity index (χ0) is 10.9. The second-order valence-corrected chi connectivity index (χ2v) is 4.92. The number of nitrogens with one attached hydrogen (secondary N) is 1. The Morgan fingerprint density at radius 1 is 1.43 bits per heavy atom. The van der Waals surface area contributed by atoms with Crippen LogP contribution in [0.25, 0.3) is 0 Å². The molecule has 0 saturated carbocycles. The molecular formula is C11H21N3. The maximum absolute atomic E-state index is 4.50. The molecule has 1 rings (SSSR count). The Labute approximate surface area is 86.5 Å². The summed E-state index contributed by atoms with van der Waals surface area (Å²) in [4.78, 5) is 0. The number of hydrogen-bond donors (Lipinski definition) is 1. The number of hydrogen-bond acceptors (Lipinski definition) is 2. The molecule has 0 amide bonds. The van der Waals surface area contributed by atoms with Crippen molar-refractivity contribution < 1.29 is 0 Å². The van der Waals surface area contributed by atoms with Crippen LogP contribution in [0.4, 0.5) is 0 Å². The van der Waals surface area contributed by atoms with E-state index in [1.807, 2.05) is 18.8 Å². The van der Waals surface area contributed by atoms with Crippen LogP contribution in [0.2, 0.25) is 0 Å². The zero-order valence-corrected chi connectivity index (χ0v) is 10.0. The van der Waals surface area contributed by atoms with Gasteiger partial charge in [-0.15, -0.1) is 0 Å². The van der Waals surface area contributed by atoms with Crippen LogP contribution in [-0.2, 0) is 7.05 Å². The molecule has 0 bridgehead atoms. The van der Waals surface area contributed by atoms with Gasteiger partial charge >= 0.3 is 0 Å². The van der Waals surface area contributed by atoms with Crippen molar-refractivity contribution >= 4 is 0 Å². The number of aromatic nitrogens is 2. The summed E-state index contributed by atoms with van der Waals surface area (Å²) in [6, 6.07) is 2.45. The predicted molar refractivity (Wildman–Crippen MR) is 59.2 cm³/mol. The SMILES string of the molecule is CNC(c1cc(C)n(C)n1)C(C)(C)C. The van der Waals surface area contributed by atoms with Crippen LogP contribution in [0.15, 0.2) is 6.07 Å².